The molecule has 2 heterocycles. The summed E-state index contributed by atoms with van der Waals surface area (Å²) in [6.45, 7) is 1.74. The Kier molecular flexibility index (Phi) is 5.71. The number of carbonyl (C=O) groups is 1. The lowest BCUT2D eigenvalue weighted by Gasteiger charge is -2.07. The van der Waals surface area contributed by atoms with E-state index in [2.05, 4.69) is 15.4 Å². The van der Waals surface area contributed by atoms with Crippen LogP contribution >= 0.6 is 11.8 Å². The molecule has 0 saturated heterocycles. The van der Waals surface area contributed by atoms with Crippen molar-refractivity contribution in [3.05, 3.63) is 83.6 Å². The van der Waals surface area contributed by atoms with Gasteiger partial charge in [-0.3, -0.25) is 0 Å². The summed E-state index contributed by atoms with van der Waals surface area (Å²) in [4.78, 5) is 13.4. The molecule has 4 rings (SSSR count). The molecule has 0 unspecified atom stereocenters. The Morgan fingerprint density at radius 1 is 1.07 bits per heavy atom. The van der Waals surface area contributed by atoms with Crippen LogP contribution in [0, 0.1) is 6.92 Å². The smallest absolute Gasteiger partial charge is 0.339 e. The van der Waals surface area contributed by atoms with Crippen LogP contribution in [0.15, 0.2) is 74.5 Å². The number of nitrogens with zero attached hydrogens (tertiary/aromatic N) is 3. The standard InChI is InChI=1S/C21H17N3O4S/c1-14-11-16(24-28-14)13-29-18-10-6-5-9-17(18)21(25)26-12-19-22-23-20(27-19)15-7-3-2-4-8-15/h2-11H,12-13H2,1H3. The van der Waals surface area contributed by atoms with E-state index in [1.807, 2.05) is 55.5 Å². The average molecular weight is 407 g/mol. The van der Waals surface area contributed by atoms with E-state index >= 15 is 0 Å². The van der Waals surface area contributed by atoms with E-state index < -0.39 is 5.97 Å². The second kappa shape index (κ2) is 8.74. The van der Waals surface area contributed by atoms with Crippen LogP contribution in [0.4, 0.5) is 0 Å². The van der Waals surface area contributed by atoms with Crippen molar-refractivity contribution >= 4 is 17.7 Å². The van der Waals surface area contributed by atoms with Crippen molar-refractivity contribution in [2.24, 2.45) is 0 Å². The van der Waals surface area contributed by atoms with Gasteiger partial charge in [-0.25, -0.2) is 4.79 Å². The lowest BCUT2D eigenvalue weighted by molar-refractivity contribution is 0.0434. The molecule has 0 radical (unpaired) electrons. The molecule has 8 heteroatoms. The predicted octanol–water partition coefficient (Wildman–Crippen LogP) is 4.68. The second-order valence-corrected chi connectivity index (χ2v) is 7.17. The van der Waals surface area contributed by atoms with Gasteiger partial charge < -0.3 is 13.7 Å². The first-order valence-electron chi connectivity index (χ1n) is 8.88. The second-order valence-electron chi connectivity index (χ2n) is 6.16. The van der Waals surface area contributed by atoms with E-state index in [9.17, 15) is 4.79 Å². The van der Waals surface area contributed by atoms with Gasteiger partial charge in [0.1, 0.15) is 5.76 Å². The summed E-state index contributed by atoms with van der Waals surface area (Å²) in [6.07, 6.45) is 0. The van der Waals surface area contributed by atoms with Crippen molar-refractivity contribution in [2.75, 3.05) is 0 Å². The van der Waals surface area contributed by atoms with Crippen LogP contribution in [0.3, 0.4) is 0 Å². The average Bonchev–Trinajstić information content (AvgIpc) is 3.40. The highest BCUT2D eigenvalue weighted by molar-refractivity contribution is 7.98. The number of thioether (sulfide) groups is 1. The quantitative estimate of drug-likeness (QED) is 0.322. The fraction of sp³-hybridized carbons (Fsp3) is 0.143. The van der Waals surface area contributed by atoms with Crippen LogP contribution in [0.2, 0.25) is 0 Å². The molecule has 0 atom stereocenters. The van der Waals surface area contributed by atoms with Crippen molar-refractivity contribution < 1.29 is 18.5 Å². The van der Waals surface area contributed by atoms with Gasteiger partial charge in [-0.2, -0.15) is 0 Å². The van der Waals surface area contributed by atoms with Gasteiger partial charge in [0.2, 0.25) is 5.89 Å². The molecule has 0 N–H and O–H groups in total. The maximum Gasteiger partial charge on any atom is 0.339 e. The van der Waals surface area contributed by atoms with Gasteiger partial charge in [0, 0.05) is 22.3 Å². The molecular weight excluding hydrogens is 390 g/mol. The molecule has 0 aliphatic rings. The first-order chi connectivity index (χ1) is 14.2. The van der Waals surface area contributed by atoms with E-state index in [0.29, 0.717) is 17.2 Å². The summed E-state index contributed by atoms with van der Waals surface area (Å²) in [6, 6.07) is 18.5. The zero-order chi connectivity index (χ0) is 20.1. The molecule has 0 bridgehead atoms. The third kappa shape index (κ3) is 4.72. The number of ether oxygens (including phenoxy) is 1. The number of hydrogen-bond acceptors (Lipinski definition) is 8. The lowest BCUT2D eigenvalue weighted by Crippen LogP contribution is -2.07. The molecule has 0 aliphatic carbocycles. The number of aromatic nitrogens is 3. The van der Waals surface area contributed by atoms with Gasteiger partial charge >= 0.3 is 5.97 Å². The van der Waals surface area contributed by atoms with Crippen LogP contribution in [-0.4, -0.2) is 21.3 Å². The lowest BCUT2D eigenvalue weighted by atomic mass is 10.2. The zero-order valence-electron chi connectivity index (χ0n) is 15.6. The molecular formula is C21H17N3O4S. The molecule has 4 aromatic rings. The molecule has 7 nitrogen and oxygen atoms in total. The Morgan fingerprint density at radius 2 is 1.86 bits per heavy atom. The number of carbonyl (C=O) groups excluding carboxylic acids is 1. The maximum atomic E-state index is 12.6. The van der Waals surface area contributed by atoms with E-state index in [-0.39, 0.29) is 12.5 Å². The number of rotatable bonds is 7. The summed E-state index contributed by atoms with van der Waals surface area (Å²) in [7, 11) is 0. The van der Waals surface area contributed by atoms with Crippen LogP contribution in [0.25, 0.3) is 11.5 Å². The van der Waals surface area contributed by atoms with E-state index in [1.54, 1.807) is 12.1 Å². The third-order valence-electron chi connectivity index (χ3n) is 3.97. The summed E-state index contributed by atoms with van der Waals surface area (Å²) in [5.41, 5.74) is 2.10. The molecule has 0 saturated carbocycles. The predicted molar refractivity (Wildman–Crippen MR) is 106 cm³/mol. The normalized spacial score (nSPS) is 10.8. The fourth-order valence-corrected chi connectivity index (χ4v) is 3.53. The van der Waals surface area contributed by atoms with Gasteiger partial charge in [-0.15, -0.1) is 22.0 Å². The number of hydrogen-bond donors (Lipinski definition) is 0. The Morgan fingerprint density at radius 3 is 2.66 bits per heavy atom. The van der Waals surface area contributed by atoms with Crippen LogP contribution in [0.1, 0.15) is 27.7 Å². The Labute approximate surface area is 171 Å². The minimum absolute atomic E-state index is 0.0971. The molecule has 2 aromatic carbocycles. The topological polar surface area (TPSA) is 91.2 Å². The van der Waals surface area contributed by atoms with Gasteiger partial charge in [0.25, 0.3) is 5.89 Å². The van der Waals surface area contributed by atoms with Gasteiger partial charge in [0.15, 0.2) is 6.61 Å². The molecule has 0 aliphatic heterocycles. The fourth-order valence-electron chi connectivity index (χ4n) is 2.61. The number of esters is 1. The summed E-state index contributed by atoms with van der Waals surface area (Å²) in [5.74, 6) is 1.51. The Balaban J connectivity index is 1.39. The molecule has 0 spiro atoms. The molecule has 146 valence electrons. The summed E-state index contributed by atoms with van der Waals surface area (Å²) >= 11 is 1.49. The van der Waals surface area contributed by atoms with Crippen molar-refractivity contribution in [3.63, 3.8) is 0 Å². The van der Waals surface area contributed by atoms with E-state index in [0.717, 1.165) is 21.9 Å². The third-order valence-corrected chi connectivity index (χ3v) is 5.08. The van der Waals surface area contributed by atoms with Crippen LogP contribution < -0.4 is 0 Å². The van der Waals surface area contributed by atoms with E-state index in [4.69, 9.17) is 13.7 Å². The van der Waals surface area contributed by atoms with E-state index in [1.165, 1.54) is 11.8 Å². The summed E-state index contributed by atoms with van der Waals surface area (Å²) in [5, 5.41) is 11.9. The Hall–Kier alpha value is -3.39. The minimum Gasteiger partial charge on any atom is -0.452 e. The number of benzene rings is 2. The van der Waals surface area contributed by atoms with Crippen molar-refractivity contribution in [1.82, 2.24) is 15.4 Å². The SMILES string of the molecule is Cc1cc(CSc2ccccc2C(=O)OCc2nnc(-c3ccccc3)o2)no1. The monoisotopic (exact) mass is 407 g/mol. The highest BCUT2D eigenvalue weighted by atomic mass is 32.2. The largest absolute Gasteiger partial charge is 0.452 e. The van der Waals surface area contributed by atoms with Gasteiger partial charge in [-0.05, 0) is 31.2 Å². The maximum absolute atomic E-state index is 12.6. The van der Waals surface area contributed by atoms with Gasteiger partial charge in [-0.1, -0.05) is 35.5 Å². The molecule has 0 amide bonds. The van der Waals surface area contributed by atoms with Crippen LogP contribution in [-0.2, 0) is 17.1 Å². The van der Waals surface area contributed by atoms with Crippen molar-refractivity contribution in [2.45, 2.75) is 24.2 Å². The van der Waals surface area contributed by atoms with Gasteiger partial charge in [0.05, 0.1) is 11.3 Å². The first kappa shape index (κ1) is 18.9. The highest BCUT2D eigenvalue weighted by Crippen LogP contribution is 2.27. The molecule has 0 fully saturated rings. The summed E-state index contributed by atoms with van der Waals surface area (Å²) < 4.78 is 16.0. The Bertz CT molecular complexity index is 1110. The first-order valence-corrected chi connectivity index (χ1v) is 9.86. The van der Waals surface area contributed by atoms with Crippen molar-refractivity contribution in [1.29, 1.82) is 0 Å². The molecule has 2 aromatic heterocycles. The minimum atomic E-state index is -0.455. The zero-order valence-corrected chi connectivity index (χ0v) is 16.4. The highest BCUT2D eigenvalue weighted by Gasteiger charge is 2.16. The molecule has 29 heavy (non-hydrogen) atoms. The van der Waals surface area contributed by atoms with Crippen molar-refractivity contribution in [3.8, 4) is 11.5 Å². The number of aryl methyl sites for hydroxylation is 1. The van der Waals surface area contributed by atoms with Crippen LogP contribution in [0.5, 0.6) is 0 Å².